The zero-order chi connectivity index (χ0) is 23.0. The Bertz CT molecular complexity index is 1270. The van der Waals surface area contributed by atoms with Gasteiger partial charge in [0.05, 0.1) is 18.7 Å². The third-order valence-electron chi connectivity index (χ3n) is 5.77. The van der Waals surface area contributed by atoms with Gasteiger partial charge in [-0.05, 0) is 47.5 Å². The van der Waals surface area contributed by atoms with Crippen LogP contribution in [0.4, 0.5) is 5.69 Å². The molecule has 0 radical (unpaired) electrons. The van der Waals surface area contributed by atoms with E-state index in [2.05, 4.69) is 0 Å². The van der Waals surface area contributed by atoms with Crippen molar-refractivity contribution in [1.29, 1.82) is 0 Å². The number of aliphatic hydroxyl groups is 1. The molecule has 1 amide bonds. The van der Waals surface area contributed by atoms with E-state index in [1.807, 2.05) is 30.3 Å². The first kappa shape index (κ1) is 21.2. The third kappa shape index (κ3) is 3.99. The van der Waals surface area contributed by atoms with Gasteiger partial charge >= 0.3 is 0 Å². The fourth-order valence-electron chi connectivity index (χ4n) is 4.13. The number of anilines is 1. The average molecular weight is 462 g/mol. The van der Waals surface area contributed by atoms with E-state index in [4.69, 9.17) is 21.1 Å². The van der Waals surface area contributed by atoms with E-state index >= 15 is 0 Å². The minimum Gasteiger partial charge on any atom is -0.454 e. The van der Waals surface area contributed by atoms with Crippen molar-refractivity contribution < 1.29 is 24.2 Å². The summed E-state index contributed by atoms with van der Waals surface area (Å²) in [7, 11) is 0. The van der Waals surface area contributed by atoms with E-state index in [9.17, 15) is 14.7 Å². The standard InChI is InChI=1S/C26H20ClNO5/c27-19-8-10-22-21(13-19)26(31,25(30)28(22)15-18-4-2-1-3-5-18)14-20(29)9-6-17-7-11-23-24(12-17)33-16-32-23/h1-13,31H,14-16H2. The van der Waals surface area contributed by atoms with Crippen molar-refractivity contribution in [3.8, 4) is 11.5 Å². The number of halogens is 1. The van der Waals surface area contributed by atoms with E-state index in [0.29, 0.717) is 27.8 Å². The van der Waals surface area contributed by atoms with Crippen LogP contribution in [0.25, 0.3) is 6.08 Å². The van der Waals surface area contributed by atoms with Crippen LogP contribution in [0.1, 0.15) is 23.1 Å². The molecule has 0 aromatic heterocycles. The SMILES string of the molecule is O=C(C=Cc1ccc2c(c1)OCO2)CC1(O)C(=O)N(Cc2ccccc2)c2ccc(Cl)cc21. The molecule has 0 spiro atoms. The molecule has 1 N–H and O–H groups in total. The van der Waals surface area contributed by atoms with Crippen LogP contribution in [0.3, 0.4) is 0 Å². The van der Waals surface area contributed by atoms with E-state index < -0.39 is 23.7 Å². The molecule has 0 bridgehead atoms. The zero-order valence-corrected chi connectivity index (χ0v) is 18.3. The fourth-order valence-corrected chi connectivity index (χ4v) is 4.31. The first-order valence-corrected chi connectivity index (χ1v) is 10.8. The van der Waals surface area contributed by atoms with Gasteiger partial charge in [0, 0.05) is 10.6 Å². The molecule has 2 aliphatic rings. The van der Waals surface area contributed by atoms with Gasteiger partial charge in [0.1, 0.15) is 0 Å². The lowest BCUT2D eigenvalue weighted by atomic mass is 9.89. The van der Waals surface area contributed by atoms with Gasteiger partial charge in [0.25, 0.3) is 5.91 Å². The normalized spacial score (nSPS) is 18.7. The van der Waals surface area contributed by atoms with Crippen LogP contribution in [-0.2, 0) is 21.7 Å². The Hall–Kier alpha value is -3.61. The van der Waals surface area contributed by atoms with E-state index in [0.717, 1.165) is 11.1 Å². The van der Waals surface area contributed by atoms with Crippen molar-refractivity contribution in [3.05, 3.63) is 94.5 Å². The van der Waals surface area contributed by atoms with Crippen LogP contribution in [0.15, 0.2) is 72.8 Å². The lowest BCUT2D eigenvalue weighted by Crippen LogP contribution is -2.41. The Morgan fingerprint density at radius 1 is 1.06 bits per heavy atom. The number of hydrogen-bond acceptors (Lipinski definition) is 5. The summed E-state index contributed by atoms with van der Waals surface area (Å²) in [5.74, 6) is 0.315. The number of nitrogens with zero attached hydrogens (tertiary/aromatic N) is 1. The molecule has 1 unspecified atom stereocenters. The Morgan fingerprint density at radius 2 is 1.85 bits per heavy atom. The van der Waals surface area contributed by atoms with Crippen LogP contribution in [0, 0.1) is 0 Å². The molecule has 0 saturated heterocycles. The zero-order valence-electron chi connectivity index (χ0n) is 17.5. The second-order valence-electron chi connectivity index (χ2n) is 7.99. The van der Waals surface area contributed by atoms with Gasteiger partial charge in [-0.2, -0.15) is 0 Å². The quantitative estimate of drug-likeness (QED) is 0.548. The molecular weight excluding hydrogens is 442 g/mol. The average Bonchev–Trinajstić information content (AvgIpc) is 3.36. The van der Waals surface area contributed by atoms with Crippen LogP contribution in [0.5, 0.6) is 11.5 Å². The number of ketones is 1. The molecule has 166 valence electrons. The van der Waals surface area contributed by atoms with Crippen molar-refractivity contribution >= 4 is 35.1 Å². The molecule has 0 saturated carbocycles. The van der Waals surface area contributed by atoms with Gasteiger partial charge in [-0.3, -0.25) is 9.59 Å². The van der Waals surface area contributed by atoms with Gasteiger partial charge in [-0.25, -0.2) is 0 Å². The topological polar surface area (TPSA) is 76.1 Å². The minimum absolute atomic E-state index is 0.165. The largest absolute Gasteiger partial charge is 0.454 e. The molecule has 2 aliphatic heterocycles. The molecule has 7 heteroatoms. The monoisotopic (exact) mass is 461 g/mol. The number of rotatable bonds is 6. The van der Waals surface area contributed by atoms with E-state index in [1.54, 1.807) is 42.5 Å². The first-order valence-electron chi connectivity index (χ1n) is 10.4. The number of carbonyl (C=O) groups excluding carboxylic acids is 2. The Labute approximate surface area is 195 Å². The molecule has 0 fully saturated rings. The smallest absolute Gasteiger partial charge is 0.264 e. The summed E-state index contributed by atoms with van der Waals surface area (Å²) in [4.78, 5) is 27.7. The lowest BCUT2D eigenvalue weighted by Gasteiger charge is -2.22. The molecular formula is C26H20ClNO5. The van der Waals surface area contributed by atoms with Gasteiger partial charge in [-0.1, -0.05) is 54.1 Å². The molecule has 2 heterocycles. The molecule has 5 rings (SSSR count). The fraction of sp³-hybridized carbons (Fsp3) is 0.154. The minimum atomic E-state index is -1.99. The van der Waals surface area contributed by atoms with E-state index in [1.165, 1.54) is 11.0 Å². The van der Waals surface area contributed by atoms with E-state index in [-0.39, 0.29) is 13.3 Å². The lowest BCUT2D eigenvalue weighted by molar-refractivity contribution is -0.140. The summed E-state index contributed by atoms with van der Waals surface area (Å²) < 4.78 is 10.6. The van der Waals surface area contributed by atoms with Crippen molar-refractivity contribution in [1.82, 2.24) is 0 Å². The molecule has 6 nitrogen and oxygen atoms in total. The van der Waals surface area contributed by atoms with Crippen molar-refractivity contribution in [2.45, 2.75) is 18.6 Å². The first-order chi connectivity index (χ1) is 15.9. The number of benzene rings is 3. The predicted octanol–water partition coefficient (Wildman–Crippen LogP) is 4.48. The van der Waals surface area contributed by atoms with Gasteiger partial charge in [0.15, 0.2) is 22.9 Å². The maximum absolute atomic E-state index is 13.4. The highest BCUT2D eigenvalue weighted by Crippen LogP contribution is 2.44. The van der Waals surface area contributed by atoms with Crippen LogP contribution >= 0.6 is 11.6 Å². The van der Waals surface area contributed by atoms with Crippen LogP contribution in [0.2, 0.25) is 5.02 Å². The van der Waals surface area contributed by atoms with Crippen molar-refractivity contribution in [3.63, 3.8) is 0 Å². The Balaban J connectivity index is 1.40. The number of carbonyl (C=O) groups is 2. The molecule has 3 aromatic rings. The van der Waals surface area contributed by atoms with Gasteiger partial charge < -0.3 is 19.5 Å². The highest BCUT2D eigenvalue weighted by molar-refractivity contribution is 6.31. The second kappa shape index (κ2) is 8.39. The summed E-state index contributed by atoms with van der Waals surface area (Å²) in [6.07, 6.45) is 2.58. The highest BCUT2D eigenvalue weighted by Gasteiger charge is 2.50. The van der Waals surface area contributed by atoms with Gasteiger partial charge in [0.2, 0.25) is 6.79 Å². The van der Waals surface area contributed by atoms with Crippen LogP contribution in [-0.4, -0.2) is 23.6 Å². The number of ether oxygens (including phenoxy) is 2. The molecule has 3 aromatic carbocycles. The summed E-state index contributed by atoms with van der Waals surface area (Å²) in [6.45, 7) is 0.440. The Morgan fingerprint density at radius 3 is 2.67 bits per heavy atom. The Kier molecular flexibility index (Phi) is 5.40. The summed E-state index contributed by atoms with van der Waals surface area (Å²) >= 11 is 6.17. The maximum atomic E-state index is 13.4. The van der Waals surface area contributed by atoms with Gasteiger partial charge in [-0.15, -0.1) is 0 Å². The predicted molar refractivity (Wildman–Crippen MR) is 124 cm³/mol. The highest BCUT2D eigenvalue weighted by atomic mass is 35.5. The number of fused-ring (bicyclic) bond motifs is 2. The second-order valence-corrected chi connectivity index (χ2v) is 8.42. The third-order valence-corrected chi connectivity index (χ3v) is 6.00. The molecule has 1 atom stereocenters. The molecule has 0 aliphatic carbocycles. The van der Waals surface area contributed by atoms with Crippen molar-refractivity contribution in [2.75, 3.05) is 11.7 Å². The number of amides is 1. The van der Waals surface area contributed by atoms with Crippen molar-refractivity contribution in [2.24, 2.45) is 0 Å². The number of hydrogen-bond donors (Lipinski definition) is 1. The number of allylic oxidation sites excluding steroid dienone is 1. The summed E-state index contributed by atoms with van der Waals surface area (Å²) in [5, 5.41) is 11.8. The summed E-state index contributed by atoms with van der Waals surface area (Å²) in [6, 6.07) is 19.7. The van der Waals surface area contributed by atoms with Crippen LogP contribution < -0.4 is 14.4 Å². The summed E-state index contributed by atoms with van der Waals surface area (Å²) in [5.41, 5.74) is 0.534. The maximum Gasteiger partial charge on any atom is 0.264 e. The molecule has 33 heavy (non-hydrogen) atoms.